The van der Waals surface area contributed by atoms with Gasteiger partial charge in [-0.25, -0.2) is 4.79 Å². The Hall–Kier alpha value is -3.70. The van der Waals surface area contributed by atoms with Gasteiger partial charge in [-0.1, -0.05) is 60.7 Å². The van der Waals surface area contributed by atoms with E-state index in [2.05, 4.69) is 4.74 Å². The molecule has 2 fully saturated rings. The summed E-state index contributed by atoms with van der Waals surface area (Å²) < 4.78 is 79.4. The van der Waals surface area contributed by atoms with Gasteiger partial charge in [-0.05, 0) is 39.9 Å². The number of benzene rings is 3. The van der Waals surface area contributed by atoms with Crippen LogP contribution in [0.2, 0.25) is 0 Å². The molecular weight excluding hydrogens is 549 g/mol. The van der Waals surface area contributed by atoms with Crippen LogP contribution in [0.1, 0.15) is 35.4 Å². The number of aliphatic hydroxyl groups is 1. The number of nitrogens with zero attached hydrogens (tertiary/aromatic N) is 1. The second kappa shape index (κ2) is 9.99. The van der Waals surface area contributed by atoms with Gasteiger partial charge < -0.3 is 19.3 Å². The van der Waals surface area contributed by atoms with Crippen LogP contribution in [0.25, 0.3) is 11.1 Å². The summed E-state index contributed by atoms with van der Waals surface area (Å²) >= 11 is 0. The van der Waals surface area contributed by atoms with Gasteiger partial charge in [0.05, 0.1) is 30.9 Å². The number of ether oxygens (including phenoxy) is 3. The second-order valence-corrected chi connectivity index (χ2v) is 10.6. The van der Waals surface area contributed by atoms with Crippen molar-refractivity contribution in [1.82, 2.24) is 4.90 Å². The van der Waals surface area contributed by atoms with Crippen molar-refractivity contribution in [2.75, 3.05) is 19.8 Å². The third kappa shape index (κ3) is 4.91. The van der Waals surface area contributed by atoms with Crippen LogP contribution < -0.4 is 4.74 Å². The Morgan fingerprint density at radius 3 is 1.95 bits per heavy atom. The number of hydrogen-bond donors (Lipinski definition) is 1. The lowest BCUT2D eigenvalue weighted by Crippen LogP contribution is -2.62. The molecule has 0 radical (unpaired) electrons. The molecule has 2 atom stereocenters. The van der Waals surface area contributed by atoms with Gasteiger partial charge in [0.2, 0.25) is 0 Å². The quantitative estimate of drug-likeness (QED) is 0.366. The number of halogens is 5. The first-order valence-electron chi connectivity index (χ1n) is 13.1. The van der Waals surface area contributed by atoms with Crippen molar-refractivity contribution in [2.45, 2.75) is 48.7 Å². The van der Waals surface area contributed by atoms with Crippen LogP contribution in [0, 0.1) is 0 Å². The lowest BCUT2D eigenvalue weighted by molar-refractivity contribution is -0.360. The molecule has 1 aliphatic carbocycles. The van der Waals surface area contributed by atoms with Crippen LogP contribution in [0.3, 0.4) is 0 Å². The van der Waals surface area contributed by atoms with Crippen molar-refractivity contribution in [2.24, 2.45) is 0 Å². The number of hydrogen-bond acceptors (Lipinski definition) is 5. The van der Waals surface area contributed by atoms with Gasteiger partial charge in [0.15, 0.2) is 0 Å². The fourth-order valence-corrected chi connectivity index (χ4v) is 6.22. The highest BCUT2D eigenvalue weighted by Gasteiger charge is 2.61. The Morgan fingerprint density at radius 1 is 0.878 bits per heavy atom. The van der Waals surface area contributed by atoms with E-state index in [-0.39, 0.29) is 38.6 Å². The Morgan fingerprint density at radius 2 is 1.41 bits per heavy atom. The van der Waals surface area contributed by atoms with Crippen LogP contribution >= 0.6 is 0 Å². The van der Waals surface area contributed by atoms with Crippen LogP contribution in [-0.4, -0.2) is 60.3 Å². The van der Waals surface area contributed by atoms with E-state index in [0.29, 0.717) is 5.56 Å². The number of piperidine rings is 1. The molecule has 2 bridgehead atoms. The smallest absolute Gasteiger partial charge is 0.448 e. The summed E-state index contributed by atoms with van der Waals surface area (Å²) in [6.45, 7) is 0.446. The summed E-state index contributed by atoms with van der Waals surface area (Å²) in [7, 11) is 0. The zero-order valence-electron chi connectivity index (χ0n) is 21.6. The normalized spacial score (nSPS) is 24.0. The van der Waals surface area contributed by atoms with E-state index < -0.39 is 41.8 Å². The van der Waals surface area contributed by atoms with Crippen LogP contribution in [0.4, 0.5) is 26.7 Å². The molecule has 2 heterocycles. The average molecular weight is 576 g/mol. The lowest BCUT2D eigenvalue weighted by atomic mass is 9.77. The minimum absolute atomic E-state index is 0.0621. The van der Waals surface area contributed by atoms with E-state index >= 15 is 0 Å². The summed E-state index contributed by atoms with van der Waals surface area (Å²) in [6.07, 6.45) is -11.6. The topological polar surface area (TPSA) is 68.2 Å². The summed E-state index contributed by atoms with van der Waals surface area (Å²) in [5.41, 5.74) is 3.22. The van der Waals surface area contributed by atoms with Gasteiger partial charge >= 0.3 is 18.4 Å². The Bertz CT molecular complexity index is 1380. The molecule has 2 unspecified atom stereocenters. The second-order valence-electron chi connectivity index (χ2n) is 10.6. The molecule has 1 N–H and O–H groups in total. The summed E-state index contributed by atoms with van der Waals surface area (Å²) in [5.74, 6) is -0.811. The number of alkyl halides is 5. The highest BCUT2D eigenvalue weighted by atomic mass is 19.4. The fourth-order valence-electron chi connectivity index (χ4n) is 6.22. The molecule has 2 saturated heterocycles. The summed E-state index contributed by atoms with van der Waals surface area (Å²) in [6, 6.07) is 19.3. The number of fused-ring (bicyclic) bond motifs is 5. The highest BCUT2D eigenvalue weighted by molar-refractivity contribution is 5.79. The van der Waals surface area contributed by atoms with Crippen molar-refractivity contribution in [1.29, 1.82) is 0 Å². The first kappa shape index (κ1) is 27.5. The molecular formula is C30H26F5NO5. The lowest BCUT2D eigenvalue weighted by Gasteiger charge is -2.51. The summed E-state index contributed by atoms with van der Waals surface area (Å²) in [4.78, 5) is 15.0. The molecule has 0 saturated carbocycles. The predicted octanol–water partition coefficient (Wildman–Crippen LogP) is 6.22. The van der Waals surface area contributed by atoms with Gasteiger partial charge in [-0.15, -0.1) is 0 Å². The minimum atomic E-state index is -5.87. The number of carbonyl (C=O) groups excluding carboxylic acids is 1. The largest absolute Gasteiger partial charge is 0.499 e. The van der Waals surface area contributed by atoms with Crippen molar-refractivity contribution in [3.8, 4) is 16.9 Å². The van der Waals surface area contributed by atoms with Crippen LogP contribution in [0.15, 0.2) is 72.8 Å². The minimum Gasteiger partial charge on any atom is -0.448 e. The van der Waals surface area contributed by atoms with Crippen molar-refractivity contribution in [3.05, 3.63) is 89.5 Å². The maximum absolute atomic E-state index is 13.4. The number of amides is 1. The Kier molecular flexibility index (Phi) is 6.69. The van der Waals surface area contributed by atoms with Crippen molar-refractivity contribution < 1.29 is 46.1 Å². The molecule has 6 rings (SSSR count). The van der Waals surface area contributed by atoms with Gasteiger partial charge in [-0.2, -0.15) is 22.0 Å². The molecule has 1 amide bonds. The molecule has 216 valence electrons. The summed E-state index contributed by atoms with van der Waals surface area (Å²) in [5, 5.41) is 11.5. The van der Waals surface area contributed by atoms with E-state index in [1.165, 1.54) is 12.1 Å². The number of morpholine rings is 1. The predicted molar refractivity (Wildman–Crippen MR) is 137 cm³/mol. The zero-order valence-corrected chi connectivity index (χ0v) is 21.6. The third-order valence-electron chi connectivity index (χ3n) is 8.07. The molecule has 3 aromatic rings. The molecule has 6 nitrogen and oxygen atoms in total. The average Bonchev–Trinajstić information content (AvgIpc) is 3.24. The molecule has 2 aliphatic heterocycles. The molecule has 11 heteroatoms. The van der Waals surface area contributed by atoms with Gasteiger partial charge in [-0.3, -0.25) is 4.90 Å². The maximum Gasteiger partial charge on any atom is 0.499 e. The van der Waals surface area contributed by atoms with Crippen molar-refractivity contribution in [3.63, 3.8) is 0 Å². The number of carbonyl (C=O) groups is 1. The Balaban J connectivity index is 1.15. The zero-order chi connectivity index (χ0) is 29.0. The van der Waals surface area contributed by atoms with Crippen molar-refractivity contribution >= 4 is 6.09 Å². The monoisotopic (exact) mass is 575 g/mol. The van der Waals surface area contributed by atoms with Crippen LogP contribution in [-0.2, 0) is 15.1 Å². The van der Waals surface area contributed by atoms with E-state index in [1.807, 2.05) is 48.5 Å². The fraction of sp³-hybridized carbons (Fsp3) is 0.367. The number of rotatable bonds is 5. The first-order valence-corrected chi connectivity index (χ1v) is 13.1. The van der Waals surface area contributed by atoms with E-state index in [9.17, 15) is 31.9 Å². The maximum atomic E-state index is 13.4. The first-order chi connectivity index (χ1) is 19.5. The molecule has 0 spiro atoms. The van der Waals surface area contributed by atoms with Gasteiger partial charge in [0.25, 0.3) is 0 Å². The molecule has 41 heavy (non-hydrogen) atoms. The SMILES string of the molecule is O=C(OCC1c2ccccc2-c2ccccc21)N1C2COCC1CC(O)(c1ccc(OC(F)(F)C(F)(F)F)cc1)C2. The third-order valence-corrected chi connectivity index (χ3v) is 8.07. The Labute approximate surface area is 232 Å². The standard InChI is InChI=1S/C30H26F5NO5/c31-29(32,33)30(34,35)41-21-11-9-18(10-12-21)28(38)13-19-15-39-16-20(14-28)36(19)27(37)40-17-26-24-7-3-1-5-22(24)23-6-2-4-8-25(23)26/h1-12,19-20,26,38H,13-17H2. The van der Waals surface area contributed by atoms with E-state index in [4.69, 9.17) is 9.47 Å². The molecule has 0 aromatic heterocycles. The highest BCUT2D eigenvalue weighted by Crippen LogP contribution is 2.46. The molecule has 3 aliphatic rings. The molecule has 3 aromatic carbocycles. The van der Waals surface area contributed by atoms with E-state index in [0.717, 1.165) is 34.4 Å². The van der Waals surface area contributed by atoms with Gasteiger partial charge in [0.1, 0.15) is 12.4 Å². The van der Waals surface area contributed by atoms with E-state index in [1.54, 1.807) is 4.90 Å². The van der Waals surface area contributed by atoms with Crippen LogP contribution in [0.5, 0.6) is 5.75 Å². The van der Waals surface area contributed by atoms with Gasteiger partial charge in [0, 0.05) is 18.8 Å².